The summed E-state index contributed by atoms with van der Waals surface area (Å²) in [5, 5.41) is 0.170. The monoisotopic (exact) mass is 582 g/mol. The van der Waals surface area contributed by atoms with E-state index in [4.69, 9.17) is 19.3 Å². The topological polar surface area (TPSA) is 136 Å². The number of carbonyl (C=O) groups excluding carboxylic acids is 3. The molecule has 0 aromatic rings. The third-order valence-electron chi connectivity index (χ3n) is 5.97. The Morgan fingerprint density at radius 3 is 1.68 bits per heavy atom. The van der Waals surface area contributed by atoms with E-state index in [1.54, 1.807) is 6.92 Å². The average molecular weight is 583 g/mol. The average Bonchev–Trinajstić information content (AvgIpc) is 2.85. The summed E-state index contributed by atoms with van der Waals surface area (Å²) in [4.78, 5) is 53.0. The molecule has 0 aliphatic carbocycles. The molecular weight excluding hydrogens is 531 g/mol. The largest absolute Gasteiger partial charge is 0.469 e. The van der Waals surface area contributed by atoms with Crippen molar-refractivity contribution in [1.82, 2.24) is 0 Å². The van der Waals surface area contributed by atoms with Crippen LogP contribution in [0.15, 0.2) is 0 Å². The van der Waals surface area contributed by atoms with Gasteiger partial charge in [-0.25, -0.2) is 4.57 Å². The summed E-state index contributed by atoms with van der Waals surface area (Å²) in [6, 6.07) is 0. The van der Waals surface area contributed by atoms with Gasteiger partial charge in [-0.3, -0.25) is 18.9 Å². The van der Waals surface area contributed by atoms with Crippen molar-refractivity contribution in [2.75, 3.05) is 19.0 Å². The highest BCUT2D eigenvalue weighted by molar-refractivity contribution is 8.13. The van der Waals surface area contributed by atoms with Crippen molar-refractivity contribution in [3.8, 4) is 0 Å². The molecule has 1 atom stereocenters. The Labute approximate surface area is 233 Å². The maximum Gasteiger partial charge on any atom is 0.469 e. The van der Waals surface area contributed by atoms with Gasteiger partial charge >= 0.3 is 19.8 Å². The van der Waals surface area contributed by atoms with Gasteiger partial charge < -0.3 is 19.3 Å². The second-order valence-corrected chi connectivity index (χ2v) is 12.2. The van der Waals surface area contributed by atoms with Gasteiger partial charge in [0.15, 0.2) is 11.2 Å². The van der Waals surface area contributed by atoms with Crippen LogP contribution in [0.1, 0.15) is 129 Å². The van der Waals surface area contributed by atoms with E-state index < -0.39 is 32.5 Å². The summed E-state index contributed by atoms with van der Waals surface area (Å²) in [5.74, 6) is -0.0421. The van der Waals surface area contributed by atoms with Crippen molar-refractivity contribution < 1.29 is 42.7 Å². The normalized spacial score (nSPS) is 12.3. The molecule has 0 fully saturated rings. The quantitative estimate of drug-likeness (QED) is 0.0631. The fraction of sp³-hybridized carbons (Fsp3) is 0.889. The Balaban J connectivity index is 4.03. The van der Waals surface area contributed by atoms with Gasteiger partial charge in [-0.05, 0) is 19.3 Å². The minimum absolute atomic E-state index is 0.170. The molecule has 0 amide bonds. The zero-order valence-electron chi connectivity index (χ0n) is 23.5. The van der Waals surface area contributed by atoms with E-state index in [0.717, 1.165) is 70.0 Å². The molecule has 0 unspecified atom stereocenters. The first-order valence-corrected chi connectivity index (χ1v) is 16.8. The van der Waals surface area contributed by atoms with Crippen LogP contribution in [0.4, 0.5) is 0 Å². The van der Waals surface area contributed by atoms with E-state index in [0.29, 0.717) is 12.8 Å². The standard InChI is InChI=1S/C27H51O9PS/c1-3-4-5-6-7-10-14-17-20-27(30)36-25(23-35-37(31,32)33)22-34-26(29)19-16-13-11-8-9-12-15-18-21-38-24(2)28/h25H,3-23H2,1-2H3,(H2,31,32,33)/t25-/m1/s1. The van der Waals surface area contributed by atoms with Crippen LogP contribution in [0.25, 0.3) is 0 Å². The first-order valence-electron chi connectivity index (χ1n) is 14.3. The molecule has 0 spiro atoms. The number of hydrogen-bond donors (Lipinski definition) is 2. The maximum atomic E-state index is 12.2. The van der Waals surface area contributed by atoms with E-state index in [1.165, 1.54) is 37.4 Å². The Morgan fingerprint density at radius 2 is 1.18 bits per heavy atom. The Bertz CT molecular complexity index is 669. The van der Waals surface area contributed by atoms with Crippen LogP contribution in [-0.4, -0.2) is 51.9 Å². The highest BCUT2D eigenvalue weighted by Gasteiger charge is 2.22. The Morgan fingerprint density at radius 1 is 0.711 bits per heavy atom. The predicted octanol–water partition coefficient (Wildman–Crippen LogP) is 6.87. The van der Waals surface area contributed by atoms with Gasteiger partial charge in [-0.2, -0.15) is 0 Å². The highest BCUT2D eigenvalue weighted by Crippen LogP contribution is 2.35. The van der Waals surface area contributed by atoms with E-state index in [-0.39, 0.29) is 24.6 Å². The first-order chi connectivity index (χ1) is 18.1. The summed E-state index contributed by atoms with van der Waals surface area (Å²) in [6.45, 7) is 2.92. The van der Waals surface area contributed by atoms with Crippen molar-refractivity contribution >= 4 is 36.6 Å². The van der Waals surface area contributed by atoms with Gasteiger partial charge in [0.2, 0.25) is 0 Å². The maximum absolute atomic E-state index is 12.2. The Hall–Kier alpha value is -0.930. The van der Waals surface area contributed by atoms with Crippen molar-refractivity contribution in [3.63, 3.8) is 0 Å². The molecule has 0 aromatic heterocycles. The van der Waals surface area contributed by atoms with Gasteiger partial charge in [-0.15, -0.1) is 0 Å². The van der Waals surface area contributed by atoms with Crippen LogP contribution in [0.3, 0.4) is 0 Å². The molecule has 2 N–H and O–H groups in total. The van der Waals surface area contributed by atoms with E-state index in [1.807, 2.05) is 0 Å². The van der Waals surface area contributed by atoms with Crippen molar-refractivity contribution in [2.24, 2.45) is 0 Å². The summed E-state index contributed by atoms with van der Waals surface area (Å²) < 4.78 is 26.0. The van der Waals surface area contributed by atoms with Crippen LogP contribution in [0.5, 0.6) is 0 Å². The molecule has 38 heavy (non-hydrogen) atoms. The number of thioether (sulfide) groups is 1. The van der Waals surface area contributed by atoms with Gasteiger partial charge in [0.05, 0.1) is 6.61 Å². The number of esters is 2. The van der Waals surface area contributed by atoms with Crippen molar-refractivity contribution in [3.05, 3.63) is 0 Å². The lowest BCUT2D eigenvalue weighted by molar-refractivity contribution is -0.161. The smallest absolute Gasteiger partial charge is 0.462 e. The predicted molar refractivity (Wildman–Crippen MR) is 151 cm³/mol. The number of unbranched alkanes of at least 4 members (excludes halogenated alkanes) is 14. The molecule has 0 aliphatic heterocycles. The second kappa shape index (κ2) is 25.1. The minimum Gasteiger partial charge on any atom is -0.462 e. The molecule has 0 saturated carbocycles. The summed E-state index contributed by atoms with van der Waals surface area (Å²) >= 11 is 1.38. The molecule has 9 nitrogen and oxygen atoms in total. The molecule has 224 valence electrons. The zero-order chi connectivity index (χ0) is 28.5. The zero-order valence-corrected chi connectivity index (χ0v) is 25.2. The summed E-state index contributed by atoms with van der Waals surface area (Å²) in [5.41, 5.74) is 0. The van der Waals surface area contributed by atoms with E-state index >= 15 is 0 Å². The fourth-order valence-electron chi connectivity index (χ4n) is 3.85. The van der Waals surface area contributed by atoms with E-state index in [9.17, 15) is 18.9 Å². The van der Waals surface area contributed by atoms with Crippen LogP contribution >= 0.6 is 19.6 Å². The van der Waals surface area contributed by atoms with Gasteiger partial charge in [0.1, 0.15) is 6.61 Å². The van der Waals surface area contributed by atoms with Crippen LogP contribution in [-0.2, 0) is 32.9 Å². The fourth-order valence-corrected chi connectivity index (χ4v) is 4.85. The lowest BCUT2D eigenvalue weighted by Gasteiger charge is -2.18. The van der Waals surface area contributed by atoms with Crippen molar-refractivity contribution in [2.45, 2.75) is 136 Å². The first kappa shape index (κ1) is 37.1. The third kappa shape index (κ3) is 28.1. The van der Waals surface area contributed by atoms with E-state index in [2.05, 4.69) is 11.4 Å². The van der Waals surface area contributed by atoms with Gasteiger partial charge in [0, 0.05) is 25.5 Å². The SMILES string of the molecule is CCCCCCCCCCC(=O)O[C@H](COC(=O)CCCCCCCCCCSC(C)=O)COP(=O)(O)O. The van der Waals surface area contributed by atoms with Crippen molar-refractivity contribution in [1.29, 1.82) is 0 Å². The Kier molecular flexibility index (Phi) is 24.5. The molecule has 0 aliphatic rings. The molecule has 0 heterocycles. The van der Waals surface area contributed by atoms with Crippen LogP contribution in [0.2, 0.25) is 0 Å². The molecule has 11 heteroatoms. The molecule has 0 radical (unpaired) electrons. The van der Waals surface area contributed by atoms with Crippen LogP contribution in [0, 0.1) is 0 Å². The minimum atomic E-state index is -4.74. The summed E-state index contributed by atoms with van der Waals surface area (Å²) in [7, 11) is -4.74. The second-order valence-electron chi connectivity index (χ2n) is 9.72. The number of hydrogen-bond acceptors (Lipinski definition) is 8. The molecule has 0 bridgehead atoms. The number of rotatable bonds is 26. The van der Waals surface area contributed by atoms with Crippen LogP contribution < -0.4 is 0 Å². The molecular formula is C27H51O9PS. The third-order valence-corrected chi connectivity index (χ3v) is 7.36. The van der Waals surface area contributed by atoms with Gasteiger partial charge in [-0.1, -0.05) is 102 Å². The number of carbonyl (C=O) groups is 3. The summed E-state index contributed by atoms with van der Waals surface area (Å²) in [6.07, 6.45) is 16.3. The van der Waals surface area contributed by atoms with Gasteiger partial charge in [0.25, 0.3) is 0 Å². The number of ether oxygens (including phenoxy) is 2. The molecule has 0 rings (SSSR count). The number of phosphoric acid groups is 1. The molecule has 0 saturated heterocycles. The molecule has 0 aromatic carbocycles. The number of phosphoric ester groups is 1. The highest BCUT2D eigenvalue weighted by atomic mass is 32.2. The lowest BCUT2D eigenvalue weighted by atomic mass is 10.1. The lowest BCUT2D eigenvalue weighted by Crippen LogP contribution is -2.29.